The van der Waals surface area contributed by atoms with Crippen LogP contribution >= 0.6 is 0 Å². The highest BCUT2D eigenvalue weighted by Crippen LogP contribution is 2.60. The quantitative estimate of drug-likeness (QED) is 0.706. The fraction of sp³-hybridized carbons (Fsp3) is 0.444. The Kier molecular flexibility index (Phi) is 4.38. The van der Waals surface area contributed by atoms with Crippen LogP contribution in [0.15, 0.2) is 48.5 Å². The Labute approximate surface area is 182 Å². The van der Waals surface area contributed by atoms with Gasteiger partial charge in [0.15, 0.2) is 11.5 Å². The van der Waals surface area contributed by atoms with Gasteiger partial charge in [-0.1, -0.05) is 36.4 Å². The second-order valence-electron chi connectivity index (χ2n) is 9.74. The standard InChI is InChI=1S/C27H28O4/c28-26(29)17-7-9-27(10-8-17)16-19-3-1-2-4-21(19)22-13-20(14-23(22)27)18-5-6-24-25(15-18)31-12-11-30-24/h1-6,14-15,17,22-23H,7-13,16H2,(H,28,29). The van der Waals surface area contributed by atoms with Crippen LogP contribution < -0.4 is 9.47 Å². The van der Waals surface area contributed by atoms with Crippen LogP contribution in [-0.2, 0) is 11.2 Å². The van der Waals surface area contributed by atoms with Crippen LogP contribution in [0.25, 0.3) is 5.57 Å². The van der Waals surface area contributed by atoms with Gasteiger partial charge in [-0.15, -0.1) is 0 Å². The minimum Gasteiger partial charge on any atom is -0.486 e. The van der Waals surface area contributed by atoms with Crippen LogP contribution in [0.3, 0.4) is 0 Å². The number of hydrogen-bond donors (Lipinski definition) is 1. The van der Waals surface area contributed by atoms with Gasteiger partial charge in [-0.2, -0.15) is 0 Å². The summed E-state index contributed by atoms with van der Waals surface area (Å²) in [6, 6.07) is 15.3. The van der Waals surface area contributed by atoms with E-state index in [-0.39, 0.29) is 11.3 Å². The van der Waals surface area contributed by atoms with Gasteiger partial charge >= 0.3 is 5.97 Å². The number of fused-ring (bicyclic) bond motifs is 5. The Balaban J connectivity index is 1.38. The van der Waals surface area contributed by atoms with E-state index in [1.54, 1.807) is 0 Å². The van der Waals surface area contributed by atoms with E-state index < -0.39 is 5.97 Å². The Morgan fingerprint density at radius 1 is 1.00 bits per heavy atom. The molecule has 4 heteroatoms. The maximum absolute atomic E-state index is 11.6. The number of benzene rings is 2. The molecule has 6 rings (SSSR count). The lowest BCUT2D eigenvalue weighted by Crippen LogP contribution is -2.42. The zero-order chi connectivity index (χ0) is 21.0. The molecule has 0 radical (unpaired) electrons. The first-order valence-corrected chi connectivity index (χ1v) is 11.5. The lowest BCUT2D eigenvalue weighted by Gasteiger charge is -2.49. The van der Waals surface area contributed by atoms with Crippen LogP contribution in [-0.4, -0.2) is 24.3 Å². The monoisotopic (exact) mass is 416 g/mol. The van der Waals surface area contributed by atoms with Crippen molar-refractivity contribution in [3.63, 3.8) is 0 Å². The second-order valence-corrected chi connectivity index (χ2v) is 9.74. The summed E-state index contributed by atoms with van der Waals surface area (Å²) in [5.74, 6) is 1.83. The van der Waals surface area contributed by atoms with Crippen molar-refractivity contribution in [3.05, 3.63) is 65.2 Å². The predicted molar refractivity (Wildman–Crippen MR) is 118 cm³/mol. The maximum atomic E-state index is 11.6. The van der Waals surface area contributed by atoms with E-state index in [0.717, 1.165) is 50.0 Å². The highest BCUT2D eigenvalue weighted by Gasteiger charge is 2.50. The van der Waals surface area contributed by atoms with Gasteiger partial charge in [0.1, 0.15) is 13.2 Å². The van der Waals surface area contributed by atoms with Gasteiger partial charge < -0.3 is 14.6 Å². The van der Waals surface area contributed by atoms with E-state index in [1.807, 2.05) is 6.07 Å². The Morgan fingerprint density at radius 2 is 1.77 bits per heavy atom. The molecule has 2 atom stereocenters. The molecule has 1 fully saturated rings. The number of carboxylic acids is 1. The topological polar surface area (TPSA) is 55.8 Å². The first kappa shape index (κ1) is 19.0. The molecule has 1 saturated carbocycles. The third kappa shape index (κ3) is 3.07. The first-order valence-electron chi connectivity index (χ1n) is 11.5. The van der Waals surface area contributed by atoms with E-state index in [4.69, 9.17) is 9.47 Å². The number of carboxylic acid groups (broad SMARTS) is 1. The van der Waals surface area contributed by atoms with E-state index in [1.165, 1.54) is 22.3 Å². The molecule has 0 aromatic heterocycles. The number of ether oxygens (including phenoxy) is 2. The summed E-state index contributed by atoms with van der Waals surface area (Å²) in [5.41, 5.74) is 5.76. The average Bonchev–Trinajstić information content (AvgIpc) is 3.26. The van der Waals surface area contributed by atoms with Crippen molar-refractivity contribution < 1.29 is 19.4 Å². The number of allylic oxidation sites excluding steroid dienone is 2. The first-order chi connectivity index (χ1) is 15.1. The van der Waals surface area contributed by atoms with Crippen LogP contribution in [0, 0.1) is 17.3 Å². The minimum atomic E-state index is -0.624. The van der Waals surface area contributed by atoms with Gasteiger partial charge in [0.25, 0.3) is 0 Å². The van der Waals surface area contributed by atoms with Crippen LogP contribution in [0.5, 0.6) is 11.5 Å². The Morgan fingerprint density at radius 3 is 2.58 bits per heavy atom. The zero-order valence-corrected chi connectivity index (χ0v) is 17.7. The SMILES string of the molecule is O=C(O)C1CCC2(CC1)Cc1ccccc1C1CC(c3ccc4c(c3)OCCO4)=CC12. The highest BCUT2D eigenvalue weighted by atomic mass is 16.6. The van der Waals surface area contributed by atoms with Gasteiger partial charge in [-0.05, 0) is 90.2 Å². The van der Waals surface area contributed by atoms with Crippen molar-refractivity contribution in [2.45, 2.75) is 44.4 Å². The predicted octanol–water partition coefficient (Wildman–Crippen LogP) is 5.46. The number of aliphatic carboxylic acids is 1. The van der Waals surface area contributed by atoms with E-state index in [0.29, 0.717) is 25.0 Å². The minimum absolute atomic E-state index is 0.177. The van der Waals surface area contributed by atoms with Crippen LogP contribution in [0.1, 0.15) is 54.7 Å². The van der Waals surface area contributed by atoms with Crippen molar-refractivity contribution in [1.29, 1.82) is 0 Å². The maximum Gasteiger partial charge on any atom is 0.306 e. The molecule has 3 aliphatic carbocycles. The fourth-order valence-corrected chi connectivity index (χ4v) is 6.63. The lowest BCUT2D eigenvalue weighted by atomic mass is 9.54. The molecule has 2 aromatic carbocycles. The largest absolute Gasteiger partial charge is 0.486 e. The van der Waals surface area contributed by atoms with Crippen molar-refractivity contribution in [2.24, 2.45) is 17.3 Å². The summed E-state index contributed by atoms with van der Waals surface area (Å²) in [7, 11) is 0. The molecule has 1 N–H and O–H groups in total. The van der Waals surface area contributed by atoms with Crippen LogP contribution in [0.4, 0.5) is 0 Å². The molecule has 4 nitrogen and oxygen atoms in total. The number of hydrogen-bond acceptors (Lipinski definition) is 3. The van der Waals surface area contributed by atoms with Crippen molar-refractivity contribution in [2.75, 3.05) is 13.2 Å². The molecule has 4 aliphatic rings. The molecule has 31 heavy (non-hydrogen) atoms. The summed E-state index contributed by atoms with van der Waals surface area (Å²) in [4.78, 5) is 11.6. The second kappa shape index (κ2) is 7.15. The lowest BCUT2D eigenvalue weighted by molar-refractivity contribution is -0.144. The molecule has 2 aromatic rings. The summed E-state index contributed by atoms with van der Waals surface area (Å²) in [6.45, 7) is 1.21. The molecule has 1 aliphatic heterocycles. The summed E-state index contributed by atoms with van der Waals surface area (Å²) in [6.07, 6.45) is 8.23. The van der Waals surface area contributed by atoms with E-state index in [2.05, 4.69) is 42.5 Å². The van der Waals surface area contributed by atoms with Crippen molar-refractivity contribution >= 4 is 11.5 Å². The zero-order valence-electron chi connectivity index (χ0n) is 17.7. The molecule has 0 bridgehead atoms. The van der Waals surface area contributed by atoms with Crippen molar-refractivity contribution in [1.82, 2.24) is 0 Å². The van der Waals surface area contributed by atoms with Gasteiger partial charge in [-0.3, -0.25) is 4.79 Å². The molecule has 1 heterocycles. The summed E-state index contributed by atoms with van der Waals surface area (Å²) in [5, 5.41) is 9.52. The molecular weight excluding hydrogens is 388 g/mol. The average molecular weight is 417 g/mol. The molecule has 160 valence electrons. The van der Waals surface area contributed by atoms with Gasteiger partial charge in [0.05, 0.1) is 5.92 Å². The smallest absolute Gasteiger partial charge is 0.306 e. The third-order valence-electron chi connectivity index (χ3n) is 8.20. The van der Waals surface area contributed by atoms with E-state index in [9.17, 15) is 9.90 Å². The highest BCUT2D eigenvalue weighted by molar-refractivity contribution is 5.73. The van der Waals surface area contributed by atoms with Gasteiger partial charge in [-0.25, -0.2) is 0 Å². The van der Waals surface area contributed by atoms with Crippen molar-refractivity contribution in [3.8, 4) is 11.5 Å². The number of rotatable bonds is 2. The van der Waals surface area contributed by atoms with Gasteiger partial charge in [0, 0.05) is 0 Å². The third-order valence-corrected chi connectivity index (χ3v) is 8.20. The summed E-state index contributed by atoms with van der Waals surface area (Å²) >= 11 is 0. The van der Waals surface area contributed by atoms with E-state index >= 15 is 0 Å². The fourth-order valence-electron chi connectivity index (χ4n) is 6.63. The van der Waals surface area contributed by atoms with Gasteiger partial charge in [0.2, 0.25) is 0 Å². The molecule has 1 spiro atoms. The van der Waals surface area contributed by atoms with Crippen LogP contribution in [0.2, 0.25) is 0 Å². The molecule has 2 unspecified atom stereocenters. The molecule has 0 saturated heterocycles. The molecule has 0 amide bonds. The normalized spacial score (nSPS) is 31.0. The Hall–Kier alpha value is -2.75. The number of carbonyl (C=O) groups is 1. The molecular formula is C27H28O4. The Bertz CT molecular complexity index is 1060. The summed E-state index contributed by atoms with van der Waals surface area (Å²) < 4.78 is 11.5.